The topological polar surface area (TPSA) is 66.3 Å². The third-order valence-electron chi connectivity index (χ3n) is 2.08. The Morgan fingerprint density at radius 3 is 2.76 bits per heavy atom. The standard InChI is InChI=1S/C10H11N3O2S2/c1-13(2-7-4-16-6-11-7)3-8-5-17-9(12-8)10(14)15/h4-6H,2-3H2,1H3,(H,14,15). The highest BCUT2D eigenvalue weighted by atomic mass is 32.1. The molecule has 1 N–H and O–H groups in total. The Balaban J connectivity index is 1.93. The summed E-state index contributed by atoms with van der Waals surface area (Å²) in [6.07, 6.45) is 0. The lowest BCUT2D eigenvalue weighted by atomic mass is 10.4. The minimum atomic E-state index is -0.969. The normalized spacial score (nSPS) is 10.9. The van der Waals surface area contributed by atoms with Gasteiger partial charge in [0.2, 0.25) is 5.01 Å². The molecular weight excluding hydrogens is 258 g/mol. The number of rotatable bonds is 5. The quantitative estimate of drug-likeness (QED) is 0.898. The van der Waals surface area contributed by atoms with Crippen molar-refractivity contribution in [1.82, 2.24) is 14.9 Å². The summed E-state index contributed by atoms with van der Waals surface area (Å²) >= 11 is 2.72. The van der Waals surface area contributed by atoms with E-state index in [0.717, 1.165) is 29.3 Å². The van der Waals surface area contributed by atoms with Crippen LogP contribution in [0.2, 0.25) is 0 Å². The Bertz CT molecular complexity index is 495. The molecule has 0 amide bonds. The van der Waals surface area contributed by atoms with Gasteiger partial charge in [-0.2, -0.15) is 0 Å². The zero-order valence-corrected chi connectivity index (χ0v) is 10.8. The van der Waals surface area contributed by atoms with E-state index < -0.39 is 5.97 Å². The molecule has 7 heteroatoms. The van der Waals surface area contributed by atoms with Crippen LogP contribution in [0.1, 0.15) is 21.2 Å². The van der Waals surface area contributed by atoms with Crippen LogP contribution in [0.4, 0.5) is 0 Å². The number of thiazole rings is 2. The lowest BCUT2D eigenvalue weighted by Crippen LogP contribution is -2.17. The van der Waals surface area contributed by atoms with Crippen LogP contribution in [0.15, 0.2) is 16.3 Å². The van der Waals surface area contributed by atoms with Crippen LogP contribution in [0.3, 0.4) is 0 Å². The lowest BCUT2D eigenvalue weighted by Gasteiger charge is -2.13. The second kappa shape index (κ2) is 5.35. The van der Waals surface area contributed by atoms with Gasteiger partial charge in [-0.1, -0.05) is 0 Å². The van der Waals surface area contributed by atoms with Gasteiger partial charge in [0.25, 0.3) is 0 Å². The highest BCUT2D eigenvalue weighted by Gasteiger charge is 2.10. The summed E-state index contributed by atoms with van der Waals surface area (Å²) in [5.41, 5.74) is 3.60. The molecule has 0 aliphatic rings. The molecule has 0 spiro atoms. The molecule has 2 rings (SSSR count). The van der Waals surface area contributed by atoms with E-state index in [4.69, 9.17) is 5.11 Å². The van der Waals surface area contributed by atoms with E-state index in [1.165, 1.54) is 0 Å². The summed E-state index contributed by atoms with van der Waals surface area (Å²) < 4.78 is 0. The smallest absolute Gasteiger partial charge is 0.365 e. The largest absolute Gasteiger partial charge is 0.476 e. The number of hydrogen-bond donors (Lipinski definition) is 1. The van der Waals surface area contributed by atoms with Gasteiger partial charge in [-0.3, -0.25) is 4.90 Å². The fraction of sp³-hybridized carbons (Fsp3) is 0.300. The number of carboxylic acid groups (broad SMARTS) is 1. The summed E-state index contributed by atoms with van der Waals surface area (Å²) in [5, 5.41) is 12.7. The highest BCUT2D eigenvalue weighted by Crippen LogP contribution is 2.12. The Hall–Kier alpha value is -1.31. The zero-order chi connectivity index (χ0) is 12.3. The molecule has 2 heterocycles. The molecule has 0 unspecified atom stereocenters. The fourth-order valence-electron chi connectivity index (χ4n) is 1.40. The number of carbonyl (C=O) groups is 1. The van der Waals surface area contributed by atoms with Gasteiger partial charge in [-0.05, 0) is 7.05 Å². The van der Waals surface area contributed by atoms with Gasteiger partial charge in [0, 0.05) is 23.8 Å². The summed E-state index contributed by atoms with van der Waals surface area (Å²) in [7, 11) is 1.96. The second-order valence-electron chi connectivity index (χ2n) is 3.60. The molecule has 2 aromatic rings. The van der Waals surface area contributed by atoms with E-state index in [0.29, 0.717) is 6.54 Å². The van der Waals surface area contributed by atoms with Crippen molar-refractivity contribution in [1.29, 1.82) is 0 Å². The average Bonchev–Trinajstić information content (AvgIpc) is 2.88. The van der Waals surface area contributed by atoms with E-state index in [9.17, 15) is 4.79 Å². The number of aromatic nitrogens is 2. The van der Waals surface area contributed by atoms with Gasteiger partial charge >= 0.3 is 5.97 Å². The maximum atomic E-state index is 10.7. The molecule has 0 bridgehead atoms. The summed E-state index contributed by atoms with van der Waals surface area (Å²) in [4.78, 5) is 21.0. The molecule has 0 aliphatic carbocycles. The van der Waals surface area contributed by atoms with Gasteiger partial charge in [0.15, 0.2) is 0 Å². The first-order chi connectivity index (χ1) is 8.15. The molecule has 2 aromatic heterocycles. The van der Waals surface area contributed by atoms with E-state index in [1.807, 2.05) is 12.4 Å². The molecule has 0 fully saturated rings. The van der Waals surface area contributed by atoms with Crippen LogP contribution >= 0.6 is 22.7 Å². The number of nitrogens with zero attached hydrogens (tertiary/aromatic N) is 3. The maximum absolute atomic E-state index is 10.7. The Morgan fingerprint density at radius 1 is 1.41 bits per heavy atom. The zero-order valence-electron chi connectivity index (χ0n) is 9.16. The van der Waals surface area contributed by atoms with Crippen LogP contribution in [0, 0.1) is 0 Å². The molecule has 5 nitrogen and oxygen atoms in total. The van der Waals surface area contributed by atoms with Crippen molar-refractivity contribution < 1.29 is 9.90 Å². The molecule has 0 aliphatic heterocycles. The van der Waals surface area contributed by atoms with Crippen molar-refractivity contribution in [3.63, 3.8) is 0 Å². The molecule has 0 saturated carbocycles. The highest BCUT2D eigenvalue weighted by molar-refractivity contribution is 7.11. The van der Waals surface area contributed by atoms with Crippen molar-refractivity contribution in [2.75, 3.05) is 7.05 Å². The minimum absolute atomic E-state index is 0.141. The van der Waals surface area contributed by atoms with Gasteiger partial charge in [0.05, 0.1) is 16.9 Å². The lowest BCUT2D eigenvalue weighted by molar-refractivity contribution is 0.0696. The van der Waals surface area contributed by atoms with Crippen molar-refractivity contribution in [3.8, 4) is 0 Å². The summed E-state index contributed by atoms with van der Waals surface area (Å²) in [6, 6.07) is 0. The number of aromatic carboxylic acids is 1. The average molecular weight is 269 g/mol. The molecule has 0 saturated heterocycles. The Labute approximate surface area is 106 Å². The first-order valence-corrected chi connectivity index (χ1v) is 6.70. The molecule has 90 valence electrons. The van der Waals surface area contributed by atoms with Gasteiger partial charge in [-0.15, -0.1) is 22.7 Å². The van der Waals surface area contributed by atoms with E-state index in [-0.39, 0.29) is 5.01 Å². The summed E-state index contributed by atoms with van der Waals surface area (Å²) in [5.74, 6) is -0.969. The number of hydrogen-bond acceptors (Lipinski definition) is 6. The third kappa shape index (κ3) is 3.32. The molecule has 0 aromatic carbocycles. The van der Waals surface area contributed by atoms with Crippen molar-refractivity contribution >= 4 is 28.6 Å². The third-order valence-corrected chi connectivity index (χ3v) is 3.60. The minimum Gasteiger partial charge on any atom is -0.476 e. The van der Waals surface area contributed by atoms with E-state index >= 15 is 0 Å². The van der Waals surface area contributed by atoms with Crippen LogP contribution in [-0.2, 0) is 13.1 Å². The van der Waals surface area contributed by atoms with Crippen LogP contribution in [-0.4, -0.2) is 33.0 Å². The SMILES string of the molecule is CN(Cc1cscn1)Cc1csc(C(=O)O)n1. The van der Waals surface area contributed by atoms with Crippen molar-refractivity contribution in [2.45, 2.75) is 13.1 Å². The maximum Gasteiger partial charge on any atom is 0.365 e. The molecule has 0 radical (unpaired) electrons. The van der Waals surface area contributed by atoms with Gasteiger partial charge in [-0.25, -0.2) is 14.8 Å². The summed E-state index contributed by atoms with van der Waals surface area (Å²) in [6.45, 7) is 1.37. The molecule has 0 atom stereocenters. The van der Waals surface area contributed by atoms with Gasteiger partial charge < -0.3 is 5.11 Å². The van der Waals surface area contributed by atoms with E-state index in [2.05, 4.69) is 14.9 Å². The molecule has 17 heavy (non-hydrogen) atoms. The predicted octanol–water partition coefficient (Wildman–Crippen LogP) is 1.93. The van der Waals surface area contributed by atoms with Crippen LogP contribution in [0.5, 0.6) is 0 Å². The van der Waals surface area contributed by atoms with Crippen molar-refractivity contribution in [2.24, 2.45) is 0 Å². The van der Waals surface area contributed by atoms with Crippen molar-refractivity contribution in [3.05, 3.63) is 32.7 Å². The van der Waals surface area contributed by atoms with E-state index in [1.54, 1.807) is 22.2 Å². The van der Waals surface area contributed by atoms with Crippen LogP contribution in [0.25, 0.3) is 0 Å². The first kappa shape index (κ1) is 12.2. The predicted molar refractivity (Wildman–Crippen MR) is 66.4 cm³/mol. The number of carboxylic acids is 1. The fourth-order valence-corrected chi connectivity index (χ4v) is 2.60. The monoisotopic (exact) mass is 269 g/mol. The Kier molecular flexibility index (Phi) is 3.82. The van der Waals surface area contributed by atoms with Gasteiger partial charge in [0.1, 0.15) is 0 Å². The second-order valence-corrected chi connectivity index (χ2v) is 5.18. The van der Waals surface area contributed by atoms with Crippen LogP contribution < -0.4 is 0 Å². The first-order valence-electron chi connectivity index (χ1n) is 4.88. The molecular formula is C10H11N3O2S2. The Morgan fingerprint density at radius 2 is 2.18 bits per heavy atom.